The summed E-state index contributed by atoms with van der Waals surface area (Å²) in [4.78, 5) is 7.31. The number of aryl methyl sites for hydroxylation is 1. The third kappa shape index (κ3) is 4.02. The lowest BCUT2D eigenvalue weighted by Gasteiger charge is -2.34. The molecule has 0 saturated carbocycles. The summed E-state index contributed by atoms with van der Waals surface area (Å²) in [6, 6.07) is 4.98. The zero-order valence-electron chi connectivity index (χ0n) is 12.4. The Hall–Kier alpha value is -0.930. The number of hydrogen-bond acceptors (Lipinski definition) is 3. The molecule has 106 valence electrons. The van der Waals surface area contributed by atoms with Gasteiger partial charge in [-0.05, 0) is 24.5 Å². The molecule has 0 amide bonds. The van der Waals surface area contributed by atoms with E-state index in [9.17, 15) is 0 Å². The summed E-state index contributed by atoms with van der Waals surface area (Å²) in [7, 11) is 0. The Kier molecular flexibility index (Phi) is 5.80. The number of piperazine rings is 1. The van der Waals surface area contributed by atoms with Crippen molar-refractivity contribution in [1.29, 1.82) is 0 Å². The van der Waals surface area contributed by atoms with Crippen molar-refractivity contribution < 1.29 is 0 Å². The number of nitrogens with zero attached hydrogens (tertiary/aromatic N) is 2. The average Bonchev–Trinajstić information content (AvgIpc) is 2.49. The van der Waals surface area contributed by atoms with E-state index in [1.165, 1.54) is 30.5 Å². The van der Waals surface area contributed by atoms with E-state index >= 15 is 0 Å². The summed E-state index contributed by atoms with van der Waals surface area (Å²) in [5, 5.41) is 3.43. The number of hydrogen-bond donors (Lipinski definition) is 1. The van der Waals surface area contributed by atoms with Crippen molar-refractivity contribution >= 4 is 0 Å². The molecule has 1 aliphatic rings. The molecule has 1 saturated heterocycles. The van der Waals surface area contributed by atoms with E-state index in [4.69, 9.17) is 4.98 Å². The van der Waals surface area contributed by atoms with E-state index < -0.39 is 0 Å². The van der Waals surface area contributed by atoms with Gasteiger partial charge in [0.15, 0.2) is 0 Å². The van der Waals surface area contributed by atoms with Crippen LogP contribution in [0.3, 0.4) is 0 Å². The molecule has 0 aliphatic carbocycles. The molecule has 2 rings (SSSR count). The molecule has 3 heteroatoms. The maximum atomic E-state index is 4.72. The van der Waals surface area contributed by atoms with Crippen LogP contribution < -0.4 is 5.32 Å². The number of nitrogens with one attached hydrogen (secondary N) is 1. The van der Waals surface area contributed by atoms with Gasteiger partial charge in [-0.15, -0.1) is 0 Å². The van der Waals surface area contributed by atoms with E-state index in [0.717, 1.165) is 32.6 Å². The molecule has 1 atom stereocenters. The Balaban J connectivity index is 2.10. The summed E-state index contributed by atoms with van der Waals surface area (Å²) in [6.07, 6.45) is 6.90. The van der Waals surface area contributed by atoms with E-state index in [1.807, 2.05) is 0 Å². The minimum absolute atomic E-state index is 0.507. The molecule has 1 aromatic rings. The highest BCUT2D eigenvalue weighted by Crippen LogP contribution is 2.25. The molecular weight excluding hydrogens is 234 g/mol. The lowest BCUT2D eigenvalue weighted by atomic mass is 10.0. The highest BCUT2D eigenvalue weighted by atomic mass is 15.2. The number of aromatic nitrogens is 1. The first-order chi connectivity index (χ1) is 9.35. The summed E-state index contributed by atoms with van der Waals surface area (Å²) in [5.74, 6) is 0. The van der Waals surface area contributed by atoms with Gasteiger partial charge in [-0.3, -0.25) is 9.88 Å². The minimum Gasteiger partial charge on any atom is -0.314 e. The van der Waals surface area contributed by atoms with Crippen molar-refractivity contribution in [2.45, 2.75) is 45.6 Å². The average molecular weight is 261 g/mol. The molecule has 2 heterocycles. The van der Waals surface area contributed by atoms with Crippen LogP contribution in [0.15, 0.2) is 18.3 Å². The van der Waals surface area contributed by atoms with Gasteiger partial charge in [0.1, 0.15) is 0 Å². The third-order valence-electron chi connectivity index (χ3n) is 4.02. The largest absolute Gasteiger partial charge is 0.314 e. The first kappa shape index (κ1) is 14.5. The van der Waals surface area contributed by atoms with Crippen LogP contribution in [-0.2, 0) is 6.42 Å². The Morgan fingerprint density at radius 2 is 2.05 bits per heavy atom. The van der Waals surface area contributed by atoms with Crippen molar-refractivity contribution in [2.75, 3.05) is 26.2 Å². The van der Waals surface area contributed by atoms with Crippen LogP contribution in [0.25, 0.3) is 0 Å². The van der Waals surface area contributed by atoms with Gasteiger partial charge < -0.3 is 5.32 Å². The zero-order chi connectivity index (χ0) is 13.5. The van der Waals surface area contributed by atoms with Crippen molar-refractivity contribution in [2.24, 2.45) is 0 Å². The van der Waals surface area contributed by atoms with Crippen molar-refractivity contribution in [1.82, 2.24) is 15.2 Å². The maximum Gasteiger partial charge on any atom is 0.0575 e. The van der Waals surface area contributed by atoms with Crippen molar-refractivity contribution in [3.8, 4) is 0 Å². The minimum atomic E-state index is 0.507. The van der Waals surface area contributed by atoms with Gasteiger partial charge in [0.2, 0.25) is 0 Å². The summed E-state index contributed by atoms with van der Waals surface area (Å²) < 4.78 is 0. The Morgan fingerprint density at radius 3 is 2.63 bits per heavy atom. The fourth-order valence-corrected chi connectivity index (χ4v) is 2.75. The van der Waals surface area contributed by atoms with Gasteiger partial charge in [0.25, 0.3) is 0 Å². The molecule has 1 N–H and O–H groups in total. The predicted octanol–water partition coefficient (Wildman–Crippen LogP) is 2.78. The molecule has 1 unspecified atom stereocenters. The first-order valence-corrected chi connectivity index (χ1v) is 7.74. The molecule has 1 aliphatic heterocycles. The molecule has 0 aromatic carbocycles. The molecule has 0 spiro atoms. The van der Waals surface area contributed by atoms with Gasteiger partial charge >= 0.3 is 0 Å². The zero-order valence-corrected chi connectivity index (χ0v) is 12.4. The van der Waals surface area contributed by atoms with Gasteiger partial charge in [0.05, 0.1) is 11.7 Å². The molecule has 19 heavy (non-hydrogen) atoms. The highest BCUT2D eigenvalue weighted by molar-refractivity contribution is 5.16. The van der Waals surface area contributed by atoms with Crippen LogP contribution in [0.4, 0.5) is 0 Å². The quantitative estimate of drug-likeness (QED) is 0.853. The van der Waals surface area contributed by atoms with Gasteiger partial charge in [-0.2, -0.15) is 0 Å². The van der Waals surface area contributed by atoms with E-state index in [1.54, 1.807) is 0 Å². The maximum absolute atomic E-state index is 4.72. The Morgan fingerprint density at radius 1 is 1.26 bits per heavy atom. The van der Waals surface area contributed by atoms with Crippen molar-refractivity contribution in [3.63, 3.8) is 0 Å². The van der Waals surface area contributed by atoms with Gasteiger partial charge in [0, 0.05) is 32.4 Å². The summed E-state index contributed by atoms with van der Waals surface area (Å²) in [6.45, 7) is 8.95. The van der Waals surface area contributed by atoms with Crippen LogP contribution in [-0.4, -0.2) is 36.1 Å². The first-order valence-electron chi connectivity index (χ1n) is 7.74. The van der Waals surface area contributed by atoms with Crippen molar-refractivity contribution in [3.05, 3.63) is 29.6 Å². The van der Waals surface area contributed by atoms with E-state index in [2.05, 4.69) is 42.4 Å². The Labute approximate surface area is 117 Å². The number of unbranched alkanes of at least 4 members (excludes halogenated alkanes) is 1. The topological polar surface area (TPSA) is 28.2 Å². The predicted molar refractivity (Wildman–Crippen MR) is 80.3 cm³/mol. The molecule has 1 aromatic heterocycles. The molecule has 1 fully saturated rings. The SMILES string of the molecule is CCCCC(c1ccc(CC)cn1)N1CCNCC1. The van der Waals surface area contributed by atoms with Crippen LogP contribution in [0.5, 0.6) is 0 Å². The number of pyridine rings is 1. The second-order valence-corrected chi connectivity index (χ2v) is 5.39. The standard InChI is InChI=1S/C16H27N3/c1-3-5-6-16(19-11-9-17-10-12-19)15-8-7-14(4-2)13-18-15/h7-8,13,16-17H,3-6,9-12H2,1-2H3. The Bertz CT molecular complexity index is 355. The van der Waals surface area contributed by atoms with Crippen LogP contribution in [0, 0.1) is 0 Å². The lowest BCUT2D eigenvalue weighted by molar-refractivity contribution is 0.160. The number of rotatable bonds is 6. The summed E-state index contributed by atoms with van der Waals surface area (Å²) in [5.41, 5.74) is 2.59. The normalized spacial score (nSPS) is 18.4. The lowest BCUT2D eigenvalue weighted by Crippen LogP contribution is -2.45. The summed E-state index contributed by atoms with van der Waals surface area (Å²) >= 11 is 0. The van der Waals surface area contributed by atoms with Gasteiger partial charge in [-0.1, -0.05) is 32.8 Å². The molecule has 3 nitrogen and oxygen atoms in total. The molecular formula is C16H27N3. The molecule has 0 radical (unpaired) electrons. The third-order valence-corrected chi connectivity index (χ3v) is 4.02. The van der Waals surface area contributed by atoms with Crippen LogP contribution >= 0.6 is 0 Å². The second-order valence-electron chi connectivity index (χ2n) is 5.39. The van der Waals surface area contributed by atoms with Crippen LogP contribution in [0.1, 0.15) is 50.4 Å². The fourth-order valence-electron chi connectivity index (χ4n) is 2.75. The van der Waals surface area contributed by atoms with E-state index in [0.29, 0.717) is 6.04 Å². The highest BCUT2D eigenvalue weighted by Gasteiger charge is 2.22. The second kappa shape index (κ2) is 7.61. The smallest absolute Gasteiger partial charge is 0.0575 e. The molecule has 0 bridgehead atoms. The van der Waals surface area contributed by atoms with Crippen LogP contribution in [0.2, 0.25) is 0 Å². The van der Waals surface area contributed by atoms with E-state index in [-0.39, 0.29) is 0 Å². The van der Waals surface area contributed by atoms with Gasteiger partial charge in [-0.25, -0.2) is 0 Å². The fraction of sp³-hybridized carbons (Fsp3) is 0.688. The monoisotopic (exact) mass is 261 g/mol.